The van der Waals surface area contributed by atoms with Crippen LogP contribution in [-0.4, -0.2) is 61.8 Å². The SMILES string of the molecule is Cc1nc(C)c(S(=O)(=O)NC[C@@H](O)CN2CCC(Oc3ccc(Cl)c(Cl)c3)CC2)s1. The lowest BCUT2D eigenvalue weighted by Gasteiger charge is -2.33. The van der Waals surface area contributed by atoms with E-state index in [1.54, 1.807) is 32.0 Å². The number of aromatic nitrogens is 1. The van der Waals surface area contributed by atoms with E-state index in [0.29, 0.717) is 33.0 Å². The highest BCUT2D eigenvalue weighted by Crippen LogP contribution is 2.28. The molecule has 0 saturated carbocycles. The molecule has 1 aromatic heterocycles. The standard InChI is InChI=1S/C19H25Cl2N3O4S2/c1-12-19(29-13(2)23-12)30(26,27)22-10-14(25)11-24-7-5-15(6-8-24)28-16-3-4-17(20)18(21)9-16/h3-4,9,14-15,22,25H,5-8,10-11H2,1-2H3/t14-/m1/s1. The lowest BCUT2D eigenvalue weighted by atomic mass is 10.1. The van der Waals surface area contributed by atoms with E-state index in [-0.39, 0.29) is 16.9 Å². The van der Waals surface area contributed by atoms with Crippen molar-refractivity contribution in [1.29, 1.82) is 0 Å². The van der Waals surface area contributed by atoms with Crippen LogP contribution in [0.5, 0.6) is 5.75 Å². The van der Waals surface area contributed by atoms with Crippen LogP contribution in [0, 0.1) is 13.8 Å². The monoisotopic (exact) mass is 493 g/mol. The first-order chi connectivity index (χ1) is 14.1. The second kappa shape index (κ2) is 10.1. The Morgan fingerprint density at radius 3 is 2.60 bits per heavy atom. The van der Waals surface area contributed by atoms with Crippen molar-refractivity contribution in [2.75, 3.05) is 26.2 Å². The van der Waals surface area contributed by atoms with E-state index in [9.17, 15) is 13.5 Å². The Bertz CT molecular complexity index is 976. The van der Waals surface area contributed by atoms with Crippen LogP contribution in [-0.2, 0) is 10.0 Å². The molecule has 0 amide bonds. The summed E-state index contributed by atoms with van der Waals surface area (Å²) >= 11 is 13.1. The molecule has 3 rings (SSSR count). The van der Waals surface area contributed by atoms with E-state index in [0.717, 1.165) is 37.3 Å². The van der Waals surface area contributed by atoms with Crippen molar-refractivity contribution >= 4 is 44.6 Å². The van der Waals surface area contributed by atoms with Crippen molar-refractivity contribution in [3.05, 3.63) is 38.9 Å². The molecular formula is C19H25Cl2N3O4S2. The molecule has 166 valence electrons. The maximum atomic E-state index is 12.4. The highest BCUT2D eigenvalue weighted by molar-refractivity contribution is 7.91. The minimum absolute atomic E-state index is 0.0432. The van der Waals surface area contributed by atoms with Gasteiger partial charge >= 0.3 is 0 Å². The molecule has 1 aliphatic heterocycles. The van der Waals surface area contributed by atoms with Crippen LogP contribution in [0.3, 0.4) is 0 Å². The number of sulfonamides is 1. The predicted octanol–water partition coefficient (Wildman–Crippen LogP) is 3.25. The van der Waals surface area contributed by atoms with Gasteiger partial charge in [-0.05, 0) is 38.8 Å². The lowest BCUT2D eigenvalue weighted by Crippen LogP contribution is -2.44. The van der Waals surface area contributed by atoms with Gasteiger partial charge in [0.05, 0.1) is 26.9 Å². The first kappa shape index (κ1) is 23.7. The lowest BCUT2D eigenvalue weighted by molar-refractivity contribution is 0.0630. The van der Waals surface area contributed by atoms with Gasteiger partial charge in [0.1, 0.15) is 11.9 Å². The molecule has 7 nitrogen and oxygen atoms in total. The van der Waals surface area contributed by atoms with Crippen molar-refractivity contribution < 1.29 is 18.3 Å². The molecule has 1 aliphatic rings. The molecule has 30 heavy (non-hydrogen) atoms. The van der Waals surface area contributed by atoms with Crippen molar-refractivity contribution in [1.82, 2.24) is 14.6 Å². The van der Waals surface area contributed by atoms with E-state index in [1.165, 1.54) is 0 Å². The number of likely N-dealkylation sites (tertiary alicyclic amines) is 1. The number of β-amino-alcohol motifs (C(OH)–C–C–N with tert-alkyl or cyclic N) is 1. The number of hydrogen-bond donors (Lipinski definition) is 2. The maximum Gasteiger partial charge on any atom is 0.252 e. The summed E-state index contributed by atoms with van der Waals surface area (Å²) in [7, 11) is -3.67. The molecule has 0 unspecified atom stereocenters. The summed E-state index contributed by atoms with van der Waals surface area (Å²) in [6, 6.07) is 5.21. The Kier molecular flexibility index (Phi) is 8.00. The first-order valence-corrected chi connectivity index (χ1v) is 12.7. The number of aliphatic hydroxyl groups excluding tert-OH is 1. The molecule has 1 saturated heterocycles. The third-order valence-corrected chi connectivity index (χ3v) is 8.66. The van der Waals surface area contributed by atoms with E-state index in [4.69, 9.17) is 27.9 Å². The fraction of sp³-hybridized carbons (Fsp3) is 0.526. The summed E-state index contributed by atoms with van der Waals surface area (Å²) < 4.78 is 33.5. The Labute approximate surface area is 191 Å². The maximum absolute atomic E-state index is 12.4. The number of thiazole rings is 1. The Morgan fingerprint density at radius 1 is 1.30 bits per heavy atom. The summed E-state index contributed by atoms with van der Waals surface area (Å²) in [4.78, 5) is 6.25. The average Bonchev–Trinajstić information content (AvgIpc) is 3.04. The largest absolute Gasteiger partial charge is 0.490 e. The van der Waals surface area contributed by atoms with E-state index in [2.05, 4.69) is 14.6 Å². The molecule has 1 aromatic carbocycles. The van der Waals surface area contributed by atoms with Crippen molar-refractivity contribution in [2.24, 2.45) is 0 Å². The van der Waals surface area contributed by atoms with Gasteiger partial charge in [-0.25, -0.2) is 18.1 Å². The first-order valence-electron chi connectivity index (χ1n) is 9.60. The highest BCUT2D eigenvalue weighted by Gasteiger charge is 2.25. The van der Waals surface area contributed by atoms with Crippen LogP contribution in [0.25, 0.3) is 0 Å². The zero-order valence-corrected chi connectivity index (χ0v) is 19.9. The average molecular weight is 494 g/mol. The van der Waals surface area contributed by atoms with E-state index >= 15 is 0 Å². The number of piperidine rings is 1. The molecule has 0 spiro atoms. The van der Waals surface area contributed by atoms with Crippen LogP contribution in [0.2, 0.25) is 10.0 Å². The van der Waals surface area contributed by atoms with Gasteiger partial charge in [0.15, 0.2) is 4.21 Å². The van der Waals surface area contributed by atoms with Crippen LogP contribution < -0.4 is 9.46 Å². The van der Waals surface area contributed by atoms with E-state index < -0.39 is 16.1 Å². The molecule has 1 atom stereocenters. The number of rotatable bonds is 8. The summed E-state index contributed by atoms with van der Waals surface area (Å²) in [5.41, 5.74) is 0.475. The second-order valence-electron chi connectivity index (χ2n) is 7.31. The fourth-order valence-electron chi connectivity index (χ4n) is 3.35. The van der Waals surface area contributed by atoms with Gasteiger partial charge in [0, 0.05) is 32.2 Å². The molecule has 2 N–H and O–H groups in total. The predicted molar refractivity (Wildman–Crippen MR) is 119 cm³/mol. The molecule has 0 bridgehead atoms. The van der Waals surface area contributed by atoms with Gasteiger partial charge in [0.25, 0.3) is 10.0 Å². The van der Waals surface area contributed by atoms with Gasteiger partial charge in [-0.15, -0.1) is 11.3 Å². The Hall–Kier alpha value is -0.940. The zero-order valence-electron chi connectivity index (χ0n) is 16.8. The Morgan fingerprint density at radius 2 is 2.00 bits per heavy atom. The minimum Gasteiger partial charge on any atom is -0.490 e. The van der Waals surface area contributed by atoms with Gasteiger partial charge in [-0.1, -0.05) is 23.2 Å². The smallest absolute Gasteiger partial charge is 0.252 e. The second-order valence-corrected chi connectivity index (χ2v) is 11.3. The number of nitrogens with zero attached hydrogens (tertiary/aromatic N) is 2. The number of aryl methyl sites for hydroxylation is 2. The van der Waals surface area contributed by atoms with Crippen molar-refractivity contribution in [3.8, 4) is 5.75 Å². The fourth-order valence-corrected chi connectivity index (χ4v) is 6.24. The van der Waals surface area contributed by atoms with Crippen LogP contribution >= 0.6 is 34.5 Å². The number of nitrogens with one attached hydrogen (secondary N) is 1. The molecule has 0 radical (unpaired) electrons. The van der Waals surface area contributed by atoms with Crippen LogP contribution in [0.1, 0.15) is 23.5 Å². The third-order valence-electron chi connectivity index (χ3n) is 4.81. The summed E-state index contributed by atoms with van der Waals surface area (Å²) in [6.45, 7) is 5.28. The van der Waals surface area contributed by atoms with Crippen LogP contribution in [0.4, 0.5) is 0 Å². The zero-order chi connectivity index (χ0) is 21.9. The normalized spacial score (nSPS) is 17.2. The van der Waals surface area contributed by atoms with Gasteiger partial charge in [0.2, 0.25) is 0 Å². The molecule has 1 fully saturated rings. The summed E-state index contributed by atoms with van der Waals surface area (Å²) in [5.74, 6) is 0.686. The number of hydrogen-bond acceptors (Lipinski definition) is 7. The summed E-state index contributed by atoms with van der Waals surface area (Å²) in [5, 5.41) is 11.9. The molecule has 11 heteroatoms. The van der Waals surface area contributed by atoms with E-state index in [1.807, 2.05) is 0 Å². The Balaban J connectivity index is 1.43. The van der Waals surface area contributed by atoms with Gasteiger partial charge in [-0.3, -0.25) is 0 Å². The van der Waals surface area contributed by atoms with Crippen molar-refractivity contribution in [3.63, 3.8) is 0 Å². The summed E-state index contributed by atoms with van der Waals surface area (Å²) in [6.07, 6.45) is 0.865. The van der Waals surface area contributed by atoms with Gasteiger partial charge in [-0.2, -0.15) is 0 Å². The number of ether oxygens (including phenoxy) is 1. The highest BCUT2D eigenvalue weighted by atomic mass is 35.5. The number of halogens is 2. The van der Waals surface area contributed by atoms with Crippen molar-refractivity contribution in [2.45, 2.75) is 43.1 Å². The number of aliphatic hydroxyl groups is 1. The van der Waals surface area contributed by atoms with Gasteiger partial charge < -0.3 is 14.7 Å². The topological polar surface area (TPSA) is 91.8 Å². The quantitative estimate of drug-likeness (QED) is 0.586. The third kappa shape index (κ3) is 6.29. The molecule has 2 heterocycles. The number of benzene rings is 1. The molecule has 0 aliphatic carbocycles. The molecular weight excluding hydrogens is 469 g/mol. The molecule has 2 aromatic rings. The minimum atomic E-state index is -3.67. The van der Waals surface area contributed by atoms with Crippen LogP contribution in [0.15, 0.2) is 22.4 Å².